The molecule has 0 bridgehead atoms. The van der Waals surface area contributed by atoms with Crippen molar-refractivity contribution in [2.75, 3.05) is 11.8 Å². The topological polar surface area (TPSA) is 88.4 Å². The van der Waals surface area contributed by atoms with E-state index in [-0.39, 0.29) is 38.5 Å². The van der Waals surface area contributed by atoms with Crippen LogP contribution < -0.4 is 10.0 Å². The van der Waals surface area contributed by atoms with Crippen molar-refractivity contribution in [2.24, 2.45) is 0 Å². The van der Waals surface area contributed by atoms with E-state index in [9.17, 15) is 30.8 Å². The predicted octanol–water partition coefficient (Wildman–Crippen LogP) is 7.20. The van der Waals surface area contributed by atoms with Crippen molar-refractivity contribution >= 4 is 48.5 Å². The maximum absolute atomic E-state index is 13.5. The van der Waals surface area contributed by atoms with E-state index in [1.54, 1.807) is 6.07 Å². The molecule has 39 heavy (non-hydrogen) atoms. The molecule has 3 aromatic carbocycles. The third-order valence-corrected chi connectivity index (χ3v) is 8.33. The quantitative estimate of drug-likeness (QED) is 0.213. The molecule has 0 spiro atoms. The van der Waals surface area contributed by atoms with Gasteiger partial charge in [-0.2, -0.15) is 13.2 Å². The molecule has 0 unspecified atom stereocenters. The molecule has 1 amide bonds. The standard InChI is InChI=1S/C27H21BrF4N2O4S/c1-33-26(35)24-19-11-18(15-3-4-15)22(12-23(19)38-25(24)16-5-7-17(29)8-6-16)34-39(36,37)13-14-2-9-21(28)20(10-14)27(30,31)32/h2,5-12,15,34H,3-4,13H2,1H3,(H,33,35). The Morgan fingerprint density at radius 1 is 1.08 bits per heavy atom. The van der Waals surface area contributed by atoms with Gasteiger partial charge in [-0.3, -0.25) is 9.52 Å². The summed E-state index contributed by atoms with van der Waals surface area (Å²) >= 11 is 2.86. The van der Waals surface area contributed by atoms with Crippen LogP contribution in [0.1, 0.15) is 45.8 Å². The lowest BCUT2D eigenvalue weighted by Crippen LogP contribution is -2.18. The summed E-state index contributed by atoms with van der Waals surface area (Å²) in [5.41, 5.74) is 0.766. The molecule has 204 valence electrons. The monoisotopic (exact) mass is 624 g/mol. The van der Waals surface area contributed by atoms with Crippen LogP contribution in [0.15, 0.2) is 63.5 Å². The lowest BCUT2D eigenvalue weighted by Gasteiger charge is -2.14. The molecule has 6 nitrogen and oxygen atoms in total. The van der Waals surface area contributed by atoms with E-state index in [0.717, 1.165) is 25.0 Å². The maximum Gasteiger partial charge on any atom is 0.417 e. The number of nitrogens with one attached hydrogen (secondary N) is 2. The van der Waals surface area contributed by atoms with Gasteiger partial charge in [0, 0.05) is 28.5 Å². The molecule has 0 atom stereocenters. The van der Waals surface area contributed by atoms with Crippen molar-refractivity contribution in [3.05, 3.63) is 87.1 Å². The zero-order valence-corrected chi connectivity index (χ0v) is 22.7. The second kappa shape index (κ2) is 9.98. The zero-order chi connectivity index (χ0) is 28.1. The highest BCUT2D eigenvalue weighted by Crippen LogP contribution is 2.47. The van der Waals surface area contributed by atoms with E-state index in [1.165, 1.54) is 43.4 Å². The largest absolute Gasteiger partial charge is 0.455 e. The second-order valence-electron chi connectivity index (χ2n) is 9.28. The molecule has 12 heteroatoms. The maximum atomic E-state index is 13.5. The van der Waals surface area contributed by atoms with Gasteiger partial charge in [-0.25, -0.2) is 12.8 Å². The molecule has 0 saturated heterocycles. The van der Waals surface area contributed by atoms with E-state index in [1.807, 2.05) is 0 Å². The highest BCUT2D eigenvalue weighted by atomic mass is 79.9. The Kier molecular flexibility index (Phi) is 6.96. The lowest BCUT2D eigenvalue weighted by molar-refractivity contribution is -0.138. The van der Waals surface area contributed by atoms with Gasteiger partial charge >= 0.3 is 6.18 Å². The fourth-order valence-corrected chi connectivity index (χ4v) is 6.11. The number of furan rings is 1. The summed E-state index contributed by atoms with van der Waals surface area (Å²) in [6.45, 7) is 0. The number of hydrogen-bond acceptors (Lipinski definition) is 4. The van der Waals surface area contributed by atoms with E-state index >= 15 is 0 Å². The van der Waals surface area contributed by atoms with E-state index in [2.05, 4.69) is 26.0 Å². The number of hydrogen-bond donors (Lipinski definition) is 2. The first-order valence-corrected chi connectivity index (χ1v) is 14.3. The molecule has 1 aromatic heterocycles. The molecular weight excluding hydrogens is 604 g/mol. The summed E-state index contributed by atoms with van der Waals surface area (Å²) in [5, 5.41) is 3.04. The summed E-state index contributed by atoms with van der Waals surface area (Å²) in [4.78, 5) is 12.8. The van der Waals surface area contributed by atoms with Gasteiger partial charge in [-0.05, 0) is 72.4 Å². The summed E-state index contributed by atoms with van der Waals surface area (Å²) in [6.07, 6.45) is -3.04. The molecule has 0 radical (unpaired) electrons. The number of carbonyl (C=O) groups is 1. The minimum atomic E-state index is -4.65. The highest BCUT2D eigenvalue weighted by molar-refractivity contribution is 9.10. The van der Waals surface area contributed by atoms with Crippen LogP contribution in [0.4, 0.5) is 23.2 Å². The fourth-order valence-electron chi connectivity index (χ4n) is 4.44. The number of sulfonamides is 1. The van der Waals surface area contributed by atoms with Gasteiger partial charge in [0.2, 0.25) is 10.0 Å². The molecule has 0 aliphatic heterocycles. The average Bonchev–Trinajstić information content (AvgIpc) is 3.64. The first-order valence-electron chi connectivity index (χ1n) is 11.8. The Balaban J connectivity index is 1.56. The van der Waals surface area contributed by atoms with Crippen molar-refractivity contribution < 1.29 is 35.2 Å². The number of carbonyl (C=O) groups excluding carboxylic acids is 1. The smallest absolute Gasteiger partial charge is 0.417 e. The van der Waals surface area contributed by atoms with Gasteiger partial charge in [0.05, 0.1) is 22.6 Å². The molecule has 1 fully saturated rings. The minimum Gasteiger partial charge on any atom is -0.455 e. The molecule has 4 aromatic rings. The van der Waals surface area contributed by atoms with Crippen LogP contribution in [-0.2, 0) is 22.0 Å². The molecule has 1 saturated carbocycles. The predicted molar refractivity (Wildman–Crippen MR) is 142 cm³/mol. The third-order valence-electron chi connectivity index (χ3n) is 6.40. The molecule has 1 heterocycles. The van der Waals surface area contributed by atoms with Gasteiger partial charge in [0.15, 0.2) is 0 Å². The van der Waals surface area contributed by atoms with Crippen molar-refractivity contribution in [1.29, 1.82) is 0 Å². The summed E-state index contributed by atoms with van der Waals surface area (Å²) in [5.74, 6) is -1.34. The fraction of sp³-hybridized carbons (Fsp3) is 0.222. The minimum absolute atomic E-state index is 0.0365. The first-order chi connectivity index (χ1) is 18.4. The normalized spacial score (nSPS) is 14.0. The Bertz CT molecular complexity index is 1700. The third kappa shape index (κ3) is 5.67. The van der Waals surface area contributed by atoms with Gasteiger partial charge in [-0.1, -0.05) is 22.0 Å². The Morgan fingerprint density at radius 2 is 1.77 bits per heavy atom. The molecule has 1 aliphatic carbocycles. The molecular formula is C27H21BrF4N2O4S. The van der Waals surface area contributed by atoms with Crippen LogP contribution in [0.3, 0.4) is 0 Å². The van der Waals surface area contributed by atoms with Crippen LogP contribution >= 0.6 is 15.9 Å². The second-order valence-corrected chi connectivity index (χ2v) is 11.9. The van der Waals surface area contributed by atoms with Crippen LogP contribution in [-0.4, -0.2) is 21.4 Å². The van der Waals surface area contributed by atoms with Crippen LogP contribution in [0.2, 0.25) is 0 Å². The molecule has 2 N–H and O–H groups in total. The van der Waals surface area contributed by atoms with Crippen molar-refractivity contribution in [3.8, 4) is 11.3 Å². The zero-order valence-electron chi connectivity index (χ0n) is 20.3. The van der Waals surface area contributed by atoms with Gasteiger partial charge in [0.1, 0.15) is 17.2 Å². The Labute approximate surface area is 229 Å². The average molecular weight is 625 g/mol. The summed E-state index contributed by atoms with van der Waals surface area (Å²) in [7, 11) is -2.67. The van der Waals surface area contributed by atoms with Crippen LogP contribution in [0.5, 0.6) is 0 Å². The number of fused-ring (bicyclic) bond motifs is 1. The lowest BCUT2D eigenvalue weighted by atomic mass is 10.0. The van der Waals surface area contributed by atoms with Gasteiger partial charge in [0.25, 0.3) is 5.91 Å². The van der Waals surface area contributed by atoms with Crippen LogP contribution in [0, 0.1) is 5.82 Å². The number of benzene rings is 3. The first kappa shape index (κ1) is 27.2. The Hall–Kier alpha value is -3.38. The number of rotatable bonds is 7. The highest BCUT2D eigenvalue weighted by Gasteiger charge is 2.34. The summed E-state index contributed by atoms with van der Waals surface area (Å²) in [6, 6.07) is 11.9. The molecule has 1 aliphatic rings. The number of halogens is 5. The van der Waals surface area contributed by atoms with Gasteiger partial charge < -0.3 is 9.73 Å². The van der Waals surface area contributed by atoms with E-state index < -0.39 is 39.2 Å². The van der Waals surface area contributed by atoms with E-state index in [4.69, 9.17) is 4.42 Å². The van der Waals surface area contributed by atoms with Crippen molar-refractivity contribution in [1.82, 2.24) is 5.32 Å². The number of alkyl halides is 3. The Morgan fingerprint density at radius 3 is 2.38 bits per heavy atom. The van der Waals surface area contributed by atoms with E-state index in [0.29, 0.717) is 16.5 Å². The SMILES string of the molecule is CNC(=O)c1c(-c2ccc(F)cc2)oc2cc(NS(=O)(=O)Cc3ccc(Br)c(C(F)(F)F)c3)c(C3CC3)cc12. The summed E-state index contributed by atoms with van der Waals surface area (Å²) < 4.78 is 88.0. The van der Waals surface area contributed by atoms with Crippen molar-refractivity contribution in [2.45, 2.75) is 30.7 Å². The van der Waals surface area contributed by atoms with Gasteiger partial charge in [-0.15, -0.1) is 0 Å². The molecule has 5 rings (SSSR count). The van der Waals surface area contributed by atoms with Crippen molar-refractivity contribution in [3.63, 3.8) is 0 Å². The number of amides is 1. The number of anilines is 1. The van der Waals surface area contributed by atoms with Crippen LogP contribution in [0.25, 0.3) is 22.3 Å².